The Balaban J connectivity index is 2.28. The fourth-order valence-corrected chi connectivity index (χ4v) is 2.35. The lowest BCUT2D eigenvalue weighted by Gasteiger charge is -2.20. The molecule has 1 aliphatic heterocycles. The molecule has 1 aromatic carbocycles. The number of hydrogen-bond acceptors (Lipinski definition) is 3. The molecule has 0 amide bonds. The van der Waals surface area contributed by atoms with Crippen LogP contribution in [0.3, 0.4) is 0 Å². The maximum atomic E-state index is 12.6. The average Bonchev–Trinajstić information content (AvgIpc) is 2.66. The van der Waals surface area contributed by atoms with Crippen LogP contribution in [0.5, 0.6) is 0 Å². The predicted molar refractivity (Wildman–Crippen MR) is 68.6 cm³/mol. The maximum absolute atomic E-state index is 12.6. The quantitative estimate of drug-likeness (QED) is 0.882. The van der Waals surface area contributed by atoms with Crippen molar-refractivity contribution in [1.29, 1.82) is 0 Å². The van der Waals surface area contributed by atoms with E-state index < -0.39 is 12.3 Å². The highest BCUT2D eigenvalue weighted by atomic mass is 35.5. The first kappa shape index (κ1) is 15.6. The predicted octanol–water partition coefficient (Wildman–Crippen LogP) is 2.99. The third kappa shape index (κ3) is 3.63. The number of rotatable bonds is 2. The molecule has 2 unspecified atom stereocenters. The third-order valence-electron chi connectivity index (χ3n) is 3.16. The van der Waals surface area contributed by atoms with Crippen LogP contribution in [-0.4, -0.2) is 31.0 Å². The van der Waals surface area contributed by atoms with E-state index in [-0.39, 0.29) is 11.6 Å². The van der Waals surface area contributed by atoms with Crippen LogP contribution in [0.2, 0.25) is 5.02 Å². The molecule has 0 bridgehead atoms. The van der Waals surface area contributed by atoms with E-state index in [1.807, 2.05) is 0 Å². The Hall–Kier alpha value is -0.820. The second-order valence-electron chi connectivity index (χ2n) is 4.66. The molecule has 0 saturated carbocycles. The van der Waals surface area contributed by atoms with Crippen molar-refractivity contribution < 1.29 is 23.0 Å². The Labute approximate surface area is 119 Å². The first-order valence-electron chi connectivity index (χ1n) is 6.25. The minimum atomic E-state index is -4.70. The zero-order chi connectivity index (χ0) is 14.8. The van der Waals surface area contributed by atoms with Crippen LogP contribution in [0.1, 0.15) is 29.7 Å². The van der Waals surface area contributed by atoms with Gasteiger partial charge in [0.2, 0.25) is 0 Å². The van der Waals surface area contributed by atoms with Gasteiger partial charge in [0.05, 0.1) is 12.6 Å². The van der Waals surface area contributed by atoms with E-state index in [9.17, 15) is 18.3 Å². The summed E-state index contributed by atoms with van der Waals surface area (Å²) < 4.78 is 43.0. The molecule has 1 aromatic rings. The van der Waals surface area contributed by atoms with Crippen molar-refractivity contribution in [2.75, 3.05) is 19.8 Å². The summed E-state index contributed by atoms with van der Waals surface area (Å²) in [7, 11) is 0. The first-order valence-corrected chi connectivity index (χ1v) is 6.62. The molecule has 0 spiro atoms. The van der Waals surface area contributed by atoms with Gasteiger partial charge < -0.3 is 15.2 Å². The van der Waals surface area contributed by atoms with Crippen molar-refractivity contribution in [1.82, 2.24) is 5.32 Å². The largest absolute Gasteiger partial charge is 0.418 e. The van der Waals surface area contributed by atoms with E-state index in [1.165, 1.54) is 18.2 Å². The molecule has 1 heterocycles. The summed E-state index contributed by atoms with van der Waals surface area (Å²) in [6.07, 6.45) is -6.37. The molecule has 1 saturated heterocycles. The molecule has 0 aromatic heterocycles. The van der Waals surface area contributed by atoms with Crippen LogP contribution in [0, 0.1) is 0 Å². The van der Waals surface area contributed by atoms with Crippen molar-refractivity contribution >= 4 is 11.6 Å². The zero-order valence-corrected chi connectivity index (χ0v) is 11.3. The van der Waals surface area contributed by atoms with Gasteiger partial charge in [-0.2, -0.15) is 13.2 Å². The maximum Gasteiger partial charge on any atom is 0.418 e. The van der Waals surface area contributed by atoms with E-state index in [0.29, 0.717) is 30.3 Å². The summed E-state index contributed by atoms with van der Waals surface area (Å²) in [4.78, 5) is 0. The summed E-state index contributed by atoms with van der Waals surface area (Å²) in [5.74, 6) is 0. The molecular formula is C13H15ClF3NO2. The topological polar surface area (TPSA) is 41.5 Å². The molecule has 0 aliphatic carbocycles. The summed E-state index contributed by atoms with van der Waals surface area (Å²) in [6.45, 7) is 1.64. The molecule has 2 atom stereocenters. The van der Waals surface area contributed by atoms with Crippen LogP contribution >= 0.6 is 11.6 Å². The number of hydrogen-bond donors (Lipinski definition) is 2. The Morgan fingerprint density at radius 2 is 2.15 bits per heavy atom. The van der Waals surface area contributed by atoms with Crippen LogP contribution in [0.15, 0.2) is 18.2 Å². The van der Waals surface area contributed by atoms with Gasteiger partial charge in [-0.15, -0.1) is 0 Å². The fourth-order valence-electron chi connectivity index (χ4n) is 2.10. The van der Waals surface area contributed by atoms with Crippen molar-refractivity contribution in [3.8, 4) is 0 Å². The van der Waals surface area contributed by atoms with Gasteiger partial charge in [0.15, 0.2) is 6.10 Å². The molecular weight excluding hydrogens is 295 g/mol. The lowest BCUT2D eigenvalue weighted by atomic mass is 10.0. The van der Waals surface area contributed by atoms with Crippen LogP contribution in [0.4, 0.5) is 13.2 Å². The first-order chi connectivity index (χ1) is 9.39. The summed E-state index contributed by atoms with van der Waals surface area (Å²) >= 11 is 6.04. The van der Waals surface area contributed by atoms with Crippen LogP contribution in [0.25, 0.3) is 0 Å². The van der Waals surface area contributed by atoms with Gasteiger partial charge in [0.1, 0.15) is 0 Å². The standard InChI is InChI=1S/C13H15ClF3NO2/c14-10-3-2-8(12(19)13(15,16)17)6-9(10)11-7-20-5-1-4-18-11/h2-3,6,11-12,18-19H,1,4-5,7H2. The Kier molecular flexibility index (Phi) is 4.90. The number of alkyl halides is 3. The molecule has 3 nitrogen and oxygen atoms in total. The van der Waals surface area contributed by atoms with Crippen LogP contribution in [-0.2, 0) is 4.74 Å². The summed E-state index contributed by atoms with van der Waals surface area (Å²) in [5.41, 5.74) is 0.289. The van der Waals surface area contributed by atoms with E-state index in [1.54, 1.807) is 0 Å². The van der Waals surface area contributed by atoms with Crippen molar-refractivity contribution in [2.45, 2.75) is 24.7 Å². The second kappa shape index (κ2) is 6.30. The minimum absolute atomic E-state index is 0.219. The van der Waals surface area contributed by atoms with E-state index >= 15 is 0 Å². The molecule has 112 valence electrons. The van der Waals surface area contributed by atoms with Crippen molar-refractivity contribution in [3.63, 3.8) is 0 Å². The summed E-state index contributed by atoms with van der Waals surface area (Å²) in [6, 6.07) is 3.56. The second-order valence-corrected chi connectivity index (χ2v) is 5.07. The number of aliphatic hydroxyl groups excluding tert-OH is 1. The Morgan fingerprint density at radius 3 is 2.85 bits per heavy atom. The number of ether oxygens (including phenoxy) is 1. The lowest BCUT2D eigenvalue weighted by molar-refractivity contribution is -0.206. The van der Waals surface area contributed by atoms with E-state index in [2.05, 4.69) is 5.32 Å². The van der Waals surface area contributed by atoms with E-state index in [0.717, 1.165) is 6.42 Å². The third-order valence-corrected chi connectivity index (χ3v) is 3.51. The normalized spacial score (nSPS) is 22.4. The zero-order valence-electron chi connectivity index (χ0n) is 10.6. The molecule has 1 aliphatic rings. The minimum Gasteiger partial charge on any atom is -0.379 e. The van der Waals surface area contributed by atoms with Gasteiger partial charge >= 0.3 is 6.18 Å². The Morgan fingerprint density at radius 1 is 1.40 bits per heavy atom. The SMILES string of the molecule is OC(c1ccc(Cl)c(C2COCCCN2)c1)C(F)(F)F. The smallest absolute Gasteiger partial charge is 0.379 e. The summed E-state index contributed by atoms with van der Waals surface area (Å²) in [5, 5.41) is 12.8. The van der Waals surface area contributed by atoms with E-state index in [4.69, 9.17) is 16.3 Å². The fraction of sp³-hybridized carbons (Fsp3) is 0.538. The van der Waals surface area contributed by atoms with Gasteiger partial charge in [-0.25, -0.2) is 0 Å². The highest BCUT2D eigenvalue weighted by molar-refractivity contribution is 6.31. The lowest BCUT2D eigenvalue weighted by Crippen LogP contribution is -2.25. The molecule has 2 rings (SSSR count). The van der Waals surface area contributed by atoms with Gasteiger partial charge in [0.25, 0.3) is 0 Å². The monoisotopic (exact) mass is 309 g/mol. The number of nitrogens with one attached hydrogen (secondary N) is 1. The van der Waals surface area contributed by atoms with Gasteiger partial charge in [-0.1, -0.05) is 17.7 Å². The molecule has 1 fully saturated rings. The Bertz CT molecular complexity index is 459. The molecule has 20 heavy (non-hydrogen) atoms. The average molecular weight is 310 g/mol. The van der Waals surface area contributed by atoms with Gasteiger partial charge in [0, 0.05) is 11.6 Å². The number of aliphatic hydroxyl groups is 1. The molecule has 7 heteroatoms. The number of benzene rings is 1. The van der Waals surface area contributed by atoms with Gasteiger partial charge in [-0.05, 0) is 36.2 Å². The van der Waals surface area contributed by atoms with Gasteiger partial charge in [-0.3, -0.25) is 0 Å². The highest BCUT2D eigenvalue weighted by Gasteiger charge is 2.39. The molecule has 0 radical (unpaired) electrons. The molecule has 2 N–H and O–H groups in total. The highest BCUT2D eigenvalue weighted by Crippen LogP contribution is 2.35. The van der Waals surface area contributed by atoms with Crippen molar-refractivity contribution in [2.24, 2.45) is 0 Å². The number of halogens is 4. The van der Waals surface area contributed by atoms with Crippen LogP contribution < -0.4 is 5.32 Å². The van der Waals surface area contributed by atoms with Crippen molar-refractivity contribution in [3.05, 3.63) is 34.3 Å².